The molecule has 7 nitrogen and oxygen atoms in total. The summed E-state index contributed by atoms with van der Waals surface area (Å²) in [6.07, 6.45) is 0. The summed E-state index contributed by atoms with van der Waals surface area (Å²) in [7, 11) is -4.67. The van der Waals surface area contributed by atoms with Gasteiger partial charge in [0.05, 0.1) is 0 Å². The van der Waals surface area contributed by atoms with Crippen molar-refractivity contribution in [2.75, 3.05) is 0 Å². The second kappa shape index (κ2) is 4.94. The Morgan fingerprint density at radius 2 is 1.11 bits per heavy atom. The molecule has 0 amide bonds. The standard InChI is InChI=1S/H2O4S.H2O3Se/c1-5(2,3)4;1-4(2)3/h(H2,1,2,3,4);(H2,1,2,3). The molecule has 0 aromatic heterocycles. The molecule has 0 aliphatic heterocycles. The van der Waals surface area contributed by atoms with Gasteiger partial charge in [-0.3, -0.25) is 9.11 Å². The average molecular weight is 227 g/mol. The molecule has 0 unspecified atom stereocenters. The zero-order valence-electron chi connectivity index (χ0n) is 3.83. The van der Waals surface area contributed by atoms with Gasteiger partial charge >= 0.3 is 37.1 Å². The third-order valence-corrected chi connectivity index (χ3v) is 0. The molecule has 0 fully saturated rings. The molecular formula is H4O7SSe. The van der Waals surface area contributed by atoms with Gasteiger partial charge in [0.25, 0.3) is 0 Å². The molecule has 9 heteroatoms. The van der Waals surface area contributed by atoms with Crippen molar-refractivity contribution in [3.63, 3.8) is 0 Å². The molecule has 0 heterocycles. The van der Waals surface area contributed by atoms with Gasteiger partial charge in [0.2, 0.25) is 0 Å². The van der Waals surface area contributed by atoms with Gasteiger partial charge in [-0.05, 0) is 0 Å². The van der Waals surface area contributed by atoms with E-state index in [2.05, 4.69) is 0 Å². The van der Waals surface area contributed by atoms with Crippen LogP contribution in [0.1, 0.15) is 0 Å². The maximum absolute atomic E-state index is 8.76. The third kappa shape index (κ3) is 25300. The zero-order chi connectivity index (χ0) is 8.08. The Bertz CT molecular complexity index is 151. The second-order valence-electron chi connectivity index (χ2n) is 0.679. The van der Waals surface area contributed by atoms with E-state index in [0.717, 1.165) is 0 Å². The first-order chi connectivity index (χ1) is 3.73. The number of rotatable bonds is 0. The van der Waals surface area contributed by atoms with Crippen LogP contribution in [0.25, 0.3) is 0 Å². The van der Waals surface area contributed by atoms with Crippen molar-refractivity contribution in [3.05, 3.63) is 0 Å². The van der Waals surface area contributed by atoms with Gasteiger partial charge in [0.15, 0.2) is 0 Å². The van der Waals surface area contributed by atoms with Gasteiger partial charge < -0.3 is 0 Å². The van der Waals surface area contributed by atoms with Crippen LogP contribution in [0.4, 0.5) is 0 Å². The van der Waals surface area contributed by atoms with Crippen LogP contribution in [0.2, 0.25) is 0 Å². The monoisotopic (exact) mass is 228 g/mol. The summed E-state index contributed by atoms with van der Waals surface area (Å²) in [5.74, 6) is 0. The SMILES string of the molecule is O=S(=O)(O)O.O=[Se](O)O. The Morgan fingerprint density at radius 3 is 1.11 bits per heavy atom. The molecule has 0 spiro atoms. The van der Waals surface area contributed by atoms with E-state index in [1.54, 1.807) is 0 Å². The molecule has 0 saturated carbocycles. The van der Waals surface area contributed by atoms with E-state index in [1.807, 2.05) is 0 Å². The molecule has 0 bridgehead atoms. The zero-order valence-corrected chi connectivity index (χ0v) is 6.36. The van der Waals surface area contributed by atoms with Crippen LogP contribution >= 0.6 is 0 Å². The predicted octanol–water partition coefficient (Wildman–Crippen LogP) is -2.27. The van der Waals surface area contributed by atoms with Crippen LogP contribution in [0.15, 0.2) is 0 Å². The molecule has 0 aliphatic rings. The molecule has 9 heavy (non-hydrogen) atoms. The van der Waals surface area contributed by atoms with Gasteiger partial charge in [0, 0.05) is 0 Å². The number of hydrogen-bond donors (Lipinski definition) is 4. The van der Waals surface area contributed by atoms with E-state index in [4.69, 9.17) is 29.7 Å². The molecule has 0 radical (unpaired) electrons. The summed E-state index contributed by atoms with van der Waals surface area (Å²) in [6.45, 7) is 0. The minimum absolute atomic E-state index is 3.29. The van der Waals surface area contributed by atoms with Crippen LogP contribution in [0, 0.1) is 0 Å². The first-order valence-electron chi connectivity index (χ1n) is 1.23. The van der Waals surface area contributed by atoms with Gasteiger partial charge in [0.1, 0.15) is 0 Å². The average Bonchev–Trinajstić information content (AvgIpc) is 1.19. The first kappa shape index (κ1) is 11.9. The van der Waals surface area contributed by atoms with E-state index in [-0.39, 0.29) is 0 Å². The summed E-state index contributed by atoms with van der Waals surface area (Å²) < 4.78 is 54.7. The quantitative estimate of drug-likeness (QED) is 0.271. The Kier molecular flexibility index (Phi) is 6.50. The van der Waals surface area contributed by atoms with Crippen molar-refractivity contribution < 1.29 is 29.7 Å². The summed E-state index contributed by atoms with van der Waals surface area (Å²) in [5.41, 5.74) is 0. The van der Waals surface area contributed by atoms with E-state index >= 15 is 0 Å². The Labute approximate surface area is 55.3 Å². The molecule has 4 N–H and O–H groups in total. The normalized spacial score (nSPS) is 10.3. The van der Waals surface area contributed by atoms with Crippen molar-refractivity contribution in [3.8, 4) is 0 Å². The van der Waals surface area contributed by atoms with Crippen molar-refractivity contribution in [1.29, 1.82) is 0 Å². The van der Waals surface area contributed by atoms with Crippen molar-refractivity contribution in [2.24, 2.45) is 0 Å². The van der Waals surface area contributed by atoms with Crippen molar-refractivity contribution >= 4 is 24.9 Å². The third-order valence-electron chi connectivity index (χ3n) is 0. The summed E-state index contributed by atoms with van der Waals surface area (Å²) in [6, 6.07) is 0. The molecule has 0 rings (SSSR count). The summed E-state index contributed by atoms with van der Waals surface area (Å²) in [5, 5.41) is 0. The molecule has 0 aromatic rings. The van der Waals surface area contributed by atoms with Crippen LogP contribution in [0.5, 0.6) is 0 Å². The molecule has 0 aliphatic carbocycles. The Hall–Kier alpha value is 0.109. The van der Waals surface area contributed by atoms with Crippen LogP contribution in [0.3, 0.4) is 0 Å². The van der Waals surface area contributed by atoms with Gasteiger partial charge in [-0.25, -0.2) is 0 Å². The number of hydrogen-bond acceptors (Lipinski definition) is 3. The van der Waals surface area contributed by atoms with E-state index in [1.165, 1.54) is 0 Å². The van der Waals surface area contributed by atoms with Gasteiger partial charge in [-0.1, -0.05) is 0 Å². The maximum atomic E-state index is 8.76. The topological polar surface area (TPSA) is 132 Å². The van der Waals surface area contributed by atoms with Gasteiger partial charge in [-0.2, -0.15) is 8.42 Å². The Balaban J connectivity index is 0. The van der Waals surface area contributed by atoms with Gasteiger partial charge in [-0.15, -0.1) is 0 Å². The van der Waals surface area contributed by atoms with Crippen LogP contribution in [-0.4, -0.2) is 40.4 Å². The fraction of sp³-hybridized carbons (Fsp3) is 0. The van der Waals surface area contributed by atoms with E-state index in [0.29, 0.717) is 0 Å². The van der Waals surface area contributed by atoms with E-state index in [9.17, 15) is 0 Å². The van der Waals surface area contributed by atoms with Crippen molar-refractivity contribution in [2.45, 2.75) is 0 Å². The molecule has 0 saturated heterocycles. The fourth-order valence-corrected chi connectivity index (χ4v) is 0. The summed E-state index contributed by atoms with van der Waals surface area (Å²) >= 11 is -3.29. The Morgan fingerprint density at radius 1 is 1.11 bits per heavy atom. The molecular weight excluding hydrogens is 223 g/mol. The van der Waals surface area contributed by atoms with Crippen LogP contribution < -0.4 is 0 Å². The first-order valence-corrected chi connectivity index (χ1v) is 4.86. The van der Waals surface area contributed by atoms with E-state index < -0.39 is 24.9 Å². The molecule has 0 atom stereocenters. The summed E-state index contributed by atoms with van der Waals surface area (Å²) in [4.78, 5) is 0. The molecule has 0 aromatic carbocycles. The minimum atomic E-state index is -4.67. The fourth-order valence-electron chi connectivity index (χ4n) is 0. The molecule has 58 valence electrons. The van der Waals surface area contributed by atoms with Crippen LogP contribution in [-0.2, 0) is 14.2 Å². The second-order valence-corrected chi connectivity index (χ2v) is 2.54. The van der Waals surface area contributed by atoms with Crippen molar-refractivity contribution in [1.82, 2.24) is 0 Å². The predicted molar refractivity (Wildman–Crippen MR) is 25.1 cm³/mol.